The molecule has 0 saturated heterocycles. The van der Waals surface area contributed by atoms with E-state index < -0.39 is 0 Å². The lowest BCUT2D eigenvalue weighted by molar-refractivity contribution is 0.667. The van der Waals surface area contributed by atoms with Crippen molar-refractivity contribution in [2.24, 2.45) is 0 Å². The molecule has 1 aliphatic carbocycles. The van der Waals surface area contributed by atoms with Crippen LogP contribution in [0, 0.1) is 0 Å². The molecular formula is C7H12N4O. The molecule has 0 unspecified atom stereocenters. The minimum Gasteiger partial charge on any atom is -0.314 e. The van der Waals surface area contributed by atoms with Crippen LogP contribution in [0.15, 0.2) is 4.79 Å². The number of H-pyrrole nitrogens is 2. The van der Waals surface area contributed by atoms with Gasteiger partial charge in [-0.3, -0.25) is 4.98 Å². The summed E-state index contributed by atoms with van der Waals surface area (Å²) >= 11 is 0. The second-order valence-electron chi connectivity index (χ2n) is 3.10. The van der Waals surface area contributed by atoms with Crippen molar-refractivity contribution in [3.05, 3.63) is 16.3 Å². The Labute approximate surface area is 69.6 Å². The van der Waals surface area contributed by atoms with Crippen LogP contribution in [0.4, 0.5) is 0 Å². The highest BCUT2D eigenvalue weighted by atomic mass is 16.1. The standard InChI is InChI=1S/C7H12N4O/c12-7-9-6(10-11-7)3-4-8-5-1-2-5/h5,8H,1-4H2,(H2,9,10,11,12). The largest absolute Gasteiger partial charge is 0.340 e. The number of rotatable bonds is 4. The molecule has 3 N–H and O–H groups in total. The van der Waals surface area contributed by atoms with Gasteiger partial charge in [0.25, 0.3) is 0 Å². The molecule has 0 atom stereocenters. The normalized spacial score (nSPS) is 16.7. The Hall–Kier alpha value is -1.10. The maximum atomic E-state index is 10.6. The molecule has 1 aliphatic rings. The Morgan fingerprint density at radius 3 is 3.00 bits per heavy atom. The van der Waals surface area contributed by atoms with Crippen molar-refractivity contribution in [3.63, 3.8) is 0 Å². The van der Waals surface area contributed by atoms with E-state index >= 15 is 0 Å². The van der Waals surface area contributed by atoms with E-state index in [1.807, 2.05) is 0 Å². The van der Waals surface area contributed by atoms with E-state index in [1.165, 1.54) is 12.8 Å². The van der Waals surface area contributed by atoms with Crippen LogP contribution < -0.4 is 11.0 Å². The van der Waals surface area contributed by atoms with Crippen molar-refractivity contribution in [1.29, 1.82) is 0 Å². The lowest BCUT2D eigenvalue weighted by Gasteiger charge is -1.97. The monoisotopic (exact) mass is 168 g/mol. The molecule has 5 nitrogen and oxygen atoms in total. The number of aromatic amines is 2. The molecule has 0 aliphatic heterocycles. The quantitative estimate of drug-likeness (QED) is 0.561. The molecule has 2 rings (SSSR count). The highest BCUT2D eigenvalue weighted by molar-refractivity contribution is 4.85. The van der Waals surface area contributed by atoms with Gasteiger partial charge in [-0.1, -0.05) is 0 Å². The first-order valence-electron chi connectivity index (χ1n) is 4.21. The Morgan fingerprint density at radius 2 is 2.42 bits per heavy atom. The topological polar surface area (TPSA) is 73.6 Å². The van der Waals surface area contributed by atoms with Gasteiger partial charge in [0.05, 0.1) is 0 Å². The number of nitrogens with one attached hydrogen (secondary N) is 3. The maximum Gasteiger partial charge on any atom is 0.340 e. The number of hydrogen-bond donors (Lipinski definition) is 3. The first-order chi connectivity index (χ1) is 5.84. The molecule has 0 radical (unpaired) electrons. The first kappa shape index (κ1) is 7.54. The van der Waals surface area contributed by atoms with E-state index in [2.05, 4.69) is 20.5 Å². The van der Waals surface area contributed by atoms with Gasteiger partial charge >= 0.3 is 5.69 Å². The Balaban J connectivity index is 1.75. The molecule has 0 aromatic carbocycles. The summed E-state index contributed by atoms with van der Waals surface area (Å²) in [7, 11) is 0. The lowest BCUT2D eigenvalue weighted by Crippen LogP contribution is -2.19. The van der Waals surface area contributed by atoms with Crippen molar-refractivity contribution in [2.45, 2.75) is 25.3 Å². The van der Waals surface area contributed by atoms with Gasteiger partial charge < -0.3 is 5.32 Å². The van der Waals surface area contributed by atoms with Crippen LogP contribution in [-0.4, -0.2) is 27.8 Å². The van der Waals surface area contributed by atoms with Gasteiger partial charge in [-0.25, -0.2) is 9.89 Å². The van der Waals surface area contributed by atoms with Gasteiger partial charge in [-0.2, -0.15) is 5.10 Å². The van der Waals surface area contributed by atoms with Crippen LogP contribution in [-0.2, 0) is 6.42 Å². The van der Waals surface area contributed by atoms with Gasteiger partial charge in [-0.15, -0.1) is 0 Å². The zero-order valence-electron chi connectivity index (χ0n) is 6.76. The summed E-state index contributed by atoms with van der Waals surface area (Å²) in [6.45, 7) is 0.894. The van der Waals surface area contributed by atoms with Gasteiger partial charge in [0.1, 0.15) is 5.82 Å². The number of hydrogen-bond acceptors (Lipinski definition) is 3. The lowest BCUT2D eigenvalue weighted by atomic mass is 10.4. The van der Waals surface area contributed by atoms with E-state index in [0.29, 0.717) is 0 Å². The zero-order valence-corrected chi connectivity index (χ0v) is 6.76. The molecule has 1 aromatic heterocycles. The van der Waals surface area contributed by atoms with Crippen molar-refractivity contribution in [2.75, 3.05) is 6.54 Å². The van der Waals surface area contributed by atoms with E-state index in [9.17, 15) is 4.79 Å². The zero-order chi connectivity index (χ0) is 8.39. The number of aromatic nitrogens is 3. The second kappa shape index (κ2) is 3.10. The van der Waals surface area contributed by atoms with Crippen LogP contribution >= 0.6 is 0 Å². The van der Waals surface area contributed by atoms with Gasteiger partial charge in [0.15, 0.2) is 0 Å². The minimum absolute atomic E-state index is 0.226. The summed E-state index contributed by atoms with van der Waals surface area (Å²) in [5.41, 5.74) is -0.226. The van der Waals surface area contributed by atoms with E-state index in [-0.39, 0.29) is 5.69 Å². The van der Waals surface area contributed by atoms with Gasteiger partial charge in [-0.05, 0) is 12.8 Å². The summed E-state index contributed by atoms with van der Waals surface area (Å²) in [5.74, 6) is 0.730. The van der Waals surface area contributed by atoms with Crippen LogP contribution in [0.1, 0.15) is 18.7 Å². The third kappa shape index (κ3) is 1.94. The minimum atomic E-state index is -0.226. The Bertz CT molecular complexity index is 298. The fourth-order valence-electron chi connectivity index (χ4n) is 1.11. The average molecular weight is 168 g/mol. The molecule has 66 valence electrons. The second-order valence-corrected chi connectivity index (χ2v) is 3.10. The highest BCUT2D eigenvalue weighted by Crippen LogP contribution is 2.18. The molecule has 0 amide bonds. The summed E-state index contributed by atoms with van der Waals surface area (Å²) < 4.78 is 0. The fourth-order valence-corrected chi connectivity index (χ4v) is 1.11. The average Bonchev–Trinajstić information content (AvgIpc) is 2.76. The predicted octanol–water partition coefficient (Wildman–Crippen LogP) is -0.608. The molecule has 0 spiro atoms. The summed E-state index contributed by atoms with van der Waals surface area (Å²) in [6.07, 6.45) is 3.36. The van der Waals surface area contributed by atoms with Crippen molar-refractivity contribution in [3.8, 4) is 0 Å². The molecule has 5 heteroatoms. The highest BCUT2D eigenvalue weighted by Gasteiger charge is 2.19. The van der Waals surface area contributed by atoms with E-state index in [0.717, 1.165) is 24.8 Å². The fraction of sp³-hybridized carbons (Fsp3) is 0.714. The van der Waals surface area contributed by atoms with Crippen LogP contribution in [0.5, 0.6) is 0 Å². The molecule has 0 bridgehead atoms. The summed E-state index contributed by atoms with van der Waals surface area (Å²) in [5, 5.41) is 9.47. The van der Waals surface area contributed by atoms with E-state index in [1.54, 1.807) is 0 Å². The molecular weight excluding hydrogens is 156 g/mol. The first-order valence-corrected chi connectivity index (χ1v) is 4.21. The maximum absolute atomic E-state index is 10.6. The van der Waals surface area contributed by atoms with Crippen LogP contribution in [0.3, 0.4) is 0 Å². The molecule has 1 fully saturated rings. The SMILES string of the molecule is O=c1[nH]nc(CCNC2CC2)[nH]1. The van der Waals surface area contributed by atoms with Crippen LogP contribution in [0.2, 0.25) is 0 Å². The van der Waals surface area contributed by atoms with Gasteiger partial charge in [0.2, 0.25) is 0 Å². The Kier molecular flexibility index (Phi) is 1.95. The molecule has 1 aromatic rings. The van der Waals surface area contributed by atoms with Crippen molar-refractivity contribution in [1.82, 2.24) is 20.5 Å². The van der Waals surface area contributed by atoms with Crippen molar-refractivity contribution >= 4 is 0 Å². The summed E-state index contributed by atoms with van der Waals surface area (Å²) in [4.78, 5) is 13.2. The van der Waals surface area contributed by atoms with Gasteiger partial charge in [0, 0.05) is 19.0 Å². The third-order valence-corrected chi connectivity index (χ3v) is 1.92. The smallest absolute Gasteiger partial charge is 0.314 e. The van der Waals surface area contributed by atoms with Crippen molar-refractivity contribution < 1.29 is 0 Å². The Morgan fingerprint density at radius 1 is 1.58 bits per heavy atom. The molecule has 12 heavy (non-hydrogen) atoms. The summed E-state index contributed by atoms with van der Waals surface area (Å²) in [6, 6.07) is 0.718. The third-order valence-electron chi connectivity index (χ3n) is 1.92. The number of nitrogens with zero attached hydrogens (tertiary/aromatic N) is 1. The molecule has 1 heterocycles. The molecule has 1 saturated carbocycles. The van der Waals surface area contributed by atoms with E-state index in [4.69, 9.17) is 0 Å². The van der Waals surface area contributed by atoms with Crippen LogP contribution in [0.25, 0.3) is 0 Å². The predicted molar refractivity (Wildman–Crippen MR) is 43.9 cm³/mol.